The third-order valence-corrected chi connectivity index (χ3v) is 3.32. The van der Waals surface area contributed by atoms with Gasteiger partial charge in [0.05, 0.1) is 11.6 Å². The van der Waals surface area contributed by atoms with Crippen LogP contribution < -0.4 is 5.73 Å². The first kappa shape index (κ1) is 14.2. The van der Waals surface area contributed by atoms with Crippen molar-refractivity contribution in [2.75, 3.05) is 39.3 Å². The predicted octanol–water partition coefficient (Wildman–Crippen LogP) is 0.683. The molecule has 1 rings (SSSR count). The number of amides is 1. The van der Waals surface area contributed by atoms with E-state index in [2.05, 4.69) is 4.90 Å². The lowest BCUT2D eigenvalue weighted by Crippen LogP contribution is -2.50. The van der Waals surface area contributed by atoms with Crippen LogP contribution in [0.3, 0.4) is 0 Å². The highest BCUT2D eigenvalue weighted by Crippen LogP contribution is 2.07. The van der Waals surface area contributed by atoms with Gasteiger partial charge in [-0.05, 0) is 6.92 Å². The molecule has 1 aliphatic rings. The number of nitrogens with two attached hydrogens (primary N) is 1. The molecule has 0 aromatic carbocycles. The van der Waals surface area contributed by atoms with E-state index < -0.39 is 0 Å². The van der Waals surface area contributed by atoms with E-state index in [1.165, 1.54) is 0 Å². The smallest absolute Gasteiger partial charge is 0.409 e. The minimum atomic E-state index is -0.213. The second-order valence-corrected chi connectivity index (χ2v) is 4.76. The Morgan fingerprint density at radius 1 is 1.41 bits per heavy atom. The third kappa shape index (κ3) is 4.47. The Bertz CT molecular complexity index is 278. The summed E-state index contributed by atoms with van der Waals surface area (Å²) in [5.74, 6) is 0.221. The van der Waals surface area contributed by atoms with Crippen molar-refractivity contribution in [2.45, 2.75) is 13.8 Å². The van der Waals surface area contributed by atoms with E-state index in [0.717, 1.165) is 19.6 Å². The van der Waals surface area contributed by atoms with Crippen molar-refractivity contribution in [3.8, 4) is 0 Å². The normalized spacial score (nSPS) is 18.8. The highest BCUT2D eigenvalue weighted by molar-refractivity contribution is 7.80. The average Bonchev–Trinajstić information content (AvgIpc) is 2.30. The van der Waals surface area contributed by atoms with Crippen LogP contribution in [-0.2, 0) is 4.74 Å². The maximum Gasteiger partial charge on any atom is 0.409 e. The SMILES string of the molecule is CCOC(=O)N1CCN(CC(C)C(N)=S)CC1. The molecule has 1 saturated heterocycles. The fourth-order valence-electron chi connectivity index (χ4n) is 1.81. The molecule has 1 aliphatic heterocycles. The Morgan fingerprint density at radius 2 is 2.00 bits per heavy atom. The number of hydrogen-bond donors (Lipinski definition) is 1. The van der Waals surface area contributed by atoms with Crippen LogP contribution in [0.15, 0.2) is 0 Å². The maximum absolute atomic E-state index is 11.5. The molecule has 0 radical (unpaired) electrons. The molecule has 0 aliphatic carbocycles. The van der Waals surface area contributed by atoms with Crippen LogP contribution in [0.5, 0.6) is 0 Å². The van der Waals surface area contributed by atoms with Gasteiger partial charge in [0.2, 0.25) is 0 Å². The van der Waals surface area contributed by atoms with E-state index in [0.29, 0.717) is 24.7 Å². The fourth-order valence-corrected chi connectivity index (χ4v) is 1.88. The minimum Gasteiger partial charge on any atom is -0.450 e. The highest BCUT2D eigenvalue weighted by atomic mass is 32.1. The Labute approximate surface area is 108 Å². The summed E-state index contributed by atoms with van der Waals surface area (Å²) >= 11 is 4.95. The van der Waals surface area contributed by atoms with E-state index in [4.69, 9.17) is 22.7 Å². The molecule has 0 spiro atoms. The Kier molecular flexibility index (Phi) is 5.64. The standard InChI is InChI=1S/C11H21N3O2S/c1-3-16-11(15)14-6-4-13(5-7-14)8-9(2)10(12)17/h9H,3-8H2,1-2H3,(H2,12,17). The molecule has 0 aromatic rings. The van der Waals surface area contributed by atoms with Gasteiger partial charge in [-0.1, -0.05) is 19.1 Å². The van der Waals surface area contributed by atoms with Gasteiger partial charge >= 0.3 is 6.09 Å². The van der Waals surface area contributed by atoms with Crippen molar-refractivity contribution < 1.29 is 9.53 Å². The molecule has 0 aromatic heterocycles. The molecule has 98 valence electrons. The predicted molar refractivity (Wildman–Crippen MR) is 71.0 cm³/mol. The first-order valence-corrected chi connectivity index (χ1v) is 6.38. The molecule has 2 N–H and O–H groups in total. The van der Waals surface area contributed by atoms with E-state index in [9.17, 15) is 4.79 Å². The molecule has 17 heavy (non-hydrogen) atoms. The largest absolute Gasteiger partial charge is 0.450 e. The summed E-state index contributed by atoms with van der Waals surface area (Å²) in [6.45, 7) is 8.27. The third-order valence-electron chi connectivity index (χ3n) is 2.92. The summed E-state index contributed by atoms with van der Waals surface area (Å²) < 4.78 is 4.96. The van der Waals surface area contributed by atoms with Gasteiger partial charge in [-0.15, -0.1) is 0 Å². The number of ether oxygens (including phenoxy) is 1. The number of carbonyl (C=O) groups is 1. The van der Waals surface area contributed by atoms with Gasteiger partial charge in [0.1, 0.15) is 0 Å². The molecule has 0 bridgehead atoms. The van der Waals surface area contributed by atoms with E-state index in [-0.39, 0.29) is 12.0 Å². The molecule has 1 atom stereocenters. The summed E-state index contributed by atoms with van der Waals surface area (Å²) in [4.78, 5) is 16.1. The molecule has 5 nitrogen and oxygen atoms in total. The lowest BCUT2D eigenvalue weighted by Gasteiger charge is -2.35. The number of nitrogens with zero attached hydrogens (tertiary/aromatic N) is 2. The second-order valence-electron chi connectivity index (χ2n) is 4.29. The van der Waals surface area contributed by atoms with Crippen molar-refractivity contribution in [3.05, 3.63) is 0 Å². The molecule has 1 amide bonds. The van der Waals surface area contributed by atoms with Gasteiger partial charge in [0.15, 0.2) is 0 Å². The Hall–Kier alpha value is -0.880. The monoisotopic (exact) mass is 259 g/mol. The summed E-state index contributed by atoms with van der Waals surface area (Å²) in [7, 11) is 0. The highest BCUT2D eigenvalue weighted by Gasteiger charge is 2.23. The van der Waals surface area contributed by atoms with Crippen LogP contribution >= 0.6 is 12.2 Å². The lowest BCUT2D eigenvalue weighted by atomic mass is 10.1. The van der Waals surface area contributed by atoms with Gasteiger partial charge < -0.3 is 15.4 Å². The molecular weight excluding hydrogens is 238 g/mol. The quantitative estimate of drug-likeness (QED) is 0.753. The van der Waals surface area contributed by atoms with Crippen molar-refractivity contribution in [1.29, 1.82) is 0 Å². The second kappa shape index (κ2) is 6.76. The van der Waals surface area contributed by atoms with Gasteiger partial charge in [-0.25, -0.2) is 4.79 Å². The number of hydrogen-bond acceptors (Lipinski definition) is 4. The molecule has 1 fully saturated rings. The van der Waals surface area contributed by atoms with Crippen LogP contribution in [-0.4, -0.2) is 60.2 Å². The summed E-state index contributed by atoms with van der Waals surface area (Å²) in [5, 5.41) is 0. The average molecular weight is 259 g/mol. The van der Waals surface area contributed by atoms with Gasteiger partial charge in [0.25, 0.3) is 0 Å². The number of piperazine rings is 1. The van der Waals surface area contributed by atoms with E-state index >= 15 is 0 Å². The van der Waals surface area contributed by atoms with Crippen LogP contribution in [0.25, 0.3) is 0 Å². The molecule has 0 saturated carbocycles. The molecular formula is C11H21N3O2S. The zero-order valence-corrected chi connectivity index (χ0v) is 11.3. The van der Waals surface area contributed by atoms with Crippen molar-refractivity contribution in [1.82, 2.24) is 9.80 Å². The zero-order chi connectivity index (χ0) is 12.8. The molecule has 1 unspecified atom stereocenters. The van der Waals surface area contributed by atoms with Crippen LogP contribution in [0.2, 0.25) is 0 Å². The van der Waals surface area contributed by atoms with Crippen LogP contribution in [0.4, 0.5) is 4.79 Å². The lowest BCUT2D eigenvalue weighted by molar-refractivity contribution is 0.0781. The van der Waals surface area contributed by atoms with Gasteiger partial charge in [0, 0.05) is 38.6 Å². The maximum atomic E-state index is 11.5. The van der Waals surface area contributed by atoms with E-state index in [1.807, 2.05) is 13.8 Å². The number of rotatable bonds is 4. The first-order chi connectivity index (χ1) is 8.04. The van der Waals surface area contributed by atoms with Crippen LogP contribution in [0.1, 0.15) is 13.8 Å². The summed E-state index contributed by atoms with van der Waals surface area (Å²) in [6.07, 6.45) is -0.213. The number of thiocarbonyl (C=S) groups is 1. The Morgan fingerprint density at radius 3 is 2.47 bits per heavy atom. The van der Waals surface area contributed by atoms with Crippen molar-refractivity contribution >= 4 is 23.3 Å². The van der Waals surface area contributed by atoms with Crippen molar-refractivity contribution in [2.24, 2.45) is 11.7 Å². The summed E-state index contributed by atoms with van der Waals surface area (Å²) in [6, 6.07) is 0. The molecule has 1 heterocycles. The molecule has 6 heteroatoms. The van der Waals surface area contributed by atoms with Gasteiger partial charge in [-0.2, -0.15) is 0 Å². The van der Waals surface area contributed by atoms with E-state index in [1.54, 1.807) is 4.90 Å². The Balaban J connectivity index is 2.30. The first-order valence-electron chi connectivity index (χ1n) is 5.98. The fraction of sp³-hybridized carbons (Fsp3) is 0.818. The zero-order valence-electron chi connectivity index (χ0n) is 10.5. The minimum absolute atomic E-state index is 0.213. The topological polar surface area (TPSA) is 58.8 Å². The van der Waals surface area contributed by atoms with Gasteiger partial charge in [-0.3, -0.25) is 4.90 Å². The van der Waals surface area contributed by atoms with Crippen molar-refractivity contribution in [3.63, 3.8) is 0 Å². The number of carbonyl (C=O) groups excluding carboxylic acids is 1. The van der Waals surface area contributed by atoms with Crippen LogP contribution in [0, 0.1) is 5.92 Å². The summed E-state index contributed by atoms with van der Waals surface area (Å²) in [5.41, 5.74) is 5.59.